The molecule has 0 aliphatic carbocycles. The Balaban J connectivity index is 1.43. The molecule has 7 nitrogen and oxygen atoms in total. The van der Waals surface area contributed by atoms with Crippen molar-refractivity contribution in [2.45, 2.75) is 53.1 Å². The third-order valence-electron chi connectivity index (χ3n) is 6.34. The van der Waals surface area contributed by atoms with Gasteiger partial charge in [-0.25, -0.2) is 4.98 Å². The number of piperidine rings is 1. The van der Waals surface area contributed by atoms with E-state index in [1.165, 1.54) is 21.7 Å². The zero-order chi connectivity index (χ0) is 21.4. The molecule has 0 radical (unpaired) electrons. The number of rotatable bonds is 5. The zero-order valence-corrected chi connectivity index (χ0v) is 19.6. The molecule has 0 N–H and O–H groups in total. The molecule has 160 valence electrons. The van der Waals surface area contributed by atoms with Crippen molar-refractivity contribution in [2.75, 3.05) is 25.0 Å². The van der Waals surface area contributed by atoms with Gasteiger partial charge >= 0.3 is 0 Å². The molecule has 0 saturated carbocycles. The smallest absolute Gasteiger partial charge is 0.154 e. The summed E-state index contributed by atoms with van der Waals surface area (Å²) in [5.41, 5.74) is 5.49. The van der Waals surface area contributed by atoms with Crippen molar-refractivity contribution >= 4 is 17.2 Å². The van der Waals surface area contributed by atoms with Gasteiger partial charge in [0.05, 0.1) is 16.4 Å². The molecule has 8 heteroatoms. The molecule has 1 aliphatic rings. The molecule has 3 aromatic heterocycles. The Hall–Kier alpha value is -2.32. The zero-order valence-electron chi connectivity index (χ0n) is 18.8. The molecule has 3 aromatic rings. The van der Waals surface area contributed by atoms with Crippen molar-refractivity contribution in [1.29, 1.82) is 0 Å². The quantitative estimate of drug-likeness (QED) is 0.622. The van der Waals surface area contributed by atoms with Gasteiger partial charge in [-0.05, 0) is 64.8 Å². The highest BCUT2D eigenvalue weighted by atomic mass is 32.1. The molecule has 1 saturated heterocycles. The van der Waals surface area contributed by atoms with E-state index < -0.39 is 0 Å². The first-order valence-corrected chi connectivity index (χ1v) is 11.4. The molecule has 0 amide bonds. The topological polar surface area (TPSA) is 63.0 Å². The van der Waals surface area contributed by atoms with Gasteiger partial charge in [-0.3, -0.25) is 9.58 Å². The fraction of sp³-hybridized carbons (Fsp3) is 0.545. The molecule has 0 aromatic carbocycles. The highest BCUT2D eigenvalue weighted by molar-refractivity contribution is 7.11. The number of aryl methyl sites for hydroxylation is 3. The van der Waals surface area contributed by atoms with Crippen molar-refractivity contribution in [3.63, 3.8) is 0 Å². The summed E-state index contributed by atoms with van der Waals surface area (Å²) in [5, 5.41) is 14.6. The van der Waals surface area contributed by atoms with Crippen LogP contribution in [0, 0.1) is 27.7 Å². The van der Waals surface area contributed by atoms with Gasteiger partial charge < -0.3 is 4.90 Å². The second-order valence-corrected chi connectivity index (χ2v) is 9.62. The number of hydrogen-bond acceptors (Lipinski definition) is 7. The van der Waals surface area contributed by atoms with Gasteiger partial charge in [-0.1, -0.05) is 0 Å². The molecular weight excluding hydrogens is 394 g/mol. The van der Waals surface area contributed by atoms with Gasteiger partial charge in [0.2, 0.25) is 0 Å². The standard InChI is InChI=1S/C22H31N7S/c1-14-15(2)22(26-25-21(14)19-7-10-23-28(19)6)29-11-8-18(9-12-29)27(5)13-20-16(3)24-17(4)30-20/h7,10,18H,8-9,11-13H2,1-6H3. The van der Waals surface area contributed by atoms with Gasteiger partial charge in [0.1, 0.15) is 5.69 Å². The number of anilines is 1. The average molecular weight is 426 g/mol. The maximum Gasteiger partial charge on any atom is 0.154 e. The predicted octanol–water partition coefficient (Wildman–Crippen LogP) is 3.67. The van der Waals surface area contributed by atoms with Crippen LogP contribution < -0.4 is 4.90 Å². The monoisotopic (exact) mass is 425 g/mol. The first-order valence-electron chi connectivity index (χ1n) is 10.6. The SMILES string of the molecule is Cc1nc(C)c(CN(C)C2CCN(c3nnc(-c4ccnn4C)c(C)c3C)CC2)s1. The van der Waals surface area contributed by atoms with E-state index in [1.54, 1.807) is 6.20 Å². The lowest BCUT2D eigenvalue weighted by atomic mass is 10.0. The largest absolute Gasteiger partial charge is 0.355 e. The fourth-order valence-electron chi connectivity index (χ4n) is 4.34. The van der Waals surface area contributed by atoms with E-state index in [9.17, 15) is 0 Å². The highest BCUT2D eigenvalue weighted by Crippen LogP contribution is 2.30. The van der Waals surface area contributed by atoms with Gasteiger partial charge in [0, 0.05) is 43.8 Å². The van der Waals surface area contributed by atoms with E-state index in [0.717, 1.165) is 54.7 Å². The van der Waals surface area contributed by atoms with Crippen molar-refractivity contribution in [3.05, 3.63) is 39.0 Å². The lowest BCUT2D eigenvalue weighted by molar-refractivity contribution is 0.201. The van der Waals surface area contributed by atoms with Crippen molar-refractivity contribution in [1.82, 2.24) is 29.9 Å². The minimum atomic E-state index is 0.589. The Kier molecular flexibility index (Phi) is 5.88. The first-order chi connectivity index (χ1) is 14.3. The molecule has 4 rings (SSSR count). The maximum atomic E-state index is 4.63. The summed E-state index contributed by atoms with van der Waals surface area (Å²) < 4.78 is 1.85. The Bertz CT molecular complexity index is 1030. The van der Waals surface area contributed by atoms with Gasteiger partial charge in [-0.15, -0.1) is 21.5 Å². The average Bonchev–Trinajstić information content (AvgIpc) is 3.28. The molecular formula is C22H31N7S. The van der Waals surface area contributed by atoms with E-state index in [-0.39, 0.29) is 0 Å². The summed E-state index contributed by atoms with van der Waals surface area (Å²) >= 11 is 1.82. The maximum absolute atomic E-state index is 4.63. The second kappa shape index (κ2) is 8.43. The number of hydrogen-bond donors (Lipinski definition) is 0. The fourth-order valence-corrected chi connectivity index (χ4v) is 5.34. The van der Waals surface area contributed by atoms with Crippen molar-refractivity contribution < 1.29 is 0 Å². The third kappa shape index (κ3) is 3.98. The minimum absolute atomic E-state index is 0.589. The number of nitrogens with zero attached hydrogens (tertiary/aromatic N) is 7. The third-order valence-corrected chi connectivity index (χ3v) is 7.40. The Morgan fingerprint density at radius 1 is 1.10 bits per heavy atom. The molecule has 0 bridgehead atoms. The Labute approximate surface area is 182 Å². The van der Waals surface area contributed by atoms with Crippen LogP contribution in [0.15, 0.2) is 12.3 Å². The lowest BCUT2D eigenvalue weighted by Gasteiger charge is -2.37. The van der Waals surface area contributed by atoms with Crippen LogP contribution in [-0.4, -0.2) is 56.0 Å². The summed E-state index contributed by atoms with van der Waals surface area (Å²) in [4.78, 5) is 10.9. The minimum Gasteiger partial charge on any atom is -0.355 e. The molecule has 1 aliphatic heterocycles. The summed E-state index contributed by atoms with van der Waals surface area (Å²) in [6.07, 6.45) is 4.07. The predicted molar refractivity (Wildman–Crippen MR) is 122 cm³/mol. The number of thiazole rings is 1. The van der Waals surface area contributed by atoms with Gasteiger partial charge in [0.25, 0.3) is 0 Å². The van der Waals surface area contributed by atoms with Crippen LogP contribution in [0.25, 0.3) is 11.4 Å². The summed E-state index contributed by atoms with van der Waals surface area (Å²) in [7, 11) is 4.18. The van der Waals surface area contributed by atoms with Crippen molar-refractivity contribution in [3.8, 4) is 11.4 Å². The van der Waals surface area contributed by atoms with E-state index >= 15 is 0 Å². The van der Waals surface area contributed by atoms with E-state index in [4.69, 9.17) is 0 Å². The Morgan fingerprint density at radius 2 is 1.83 bits per heavy atom. The molecule has 1 fully saturated rings. The normalized spacial score (nSPS) is 15.4. The van der Waals surface area contributed by atoms with Crippen LogP contribution in [0.4, 0.5) is 5.82 Å². The van der Waals surface area contributed by atoms with E-state index in [2.05, 4.69) is 64.8 Å². The molecule has 0 unspecified atom stereocenters. The second-order valence-electron chi connectivity index (χ2n) is 8.34. The number of aromatic nitrogens is 5. The van der Waals surface area contributed by atoms with E-state index in [0.29, 0.717) is 6.04 Å². The van der Waals surface area contributed by atoms with Crippen LogP contribution in [0.3, 0.4) is 0 Å². The van der Waals surface area contributed by atoms with Crippen LogP contribution >= 0.6 is 11.3 Å². The van der Waals surface area contributed by atoms with Crippen LogP contribution in [0.2, 0.25) is 0 Å². The van der Waals surface area contributed by atoms with Crippen LogP contribution in [-0.2, 0) is 13.6 Å². The molecule has 0 spiro atoms. The summed E-state index contributed by atoms with van der Waals surface area (Å²) in [5.74, 6) is 1.02. The molecule has 0 atom stereocenters. The van der Waals surface area contributed by atoms with Crippen LogP contribution in [0.1, 0.15) is 39.5 Å². The highest BCUT2D eigenvalue weighted by Gasteiger charge is 2.26. The molecule has 4 heterocycles. The van der Waals surface area contributed by atoms with Crippen LogP contribution in [0.5, 0.6) is 0 Å². The van der Waals surface area contributed by atoms with Gasteiger partial charge in [0.15, 0.2) is 5.82 Å². The molecule has 30 heavy (non-hydrogen) atoms. The van der Waals surface area contributed by atoms with Crippen molar-refractivity contribution in [2.24, 2.45) is 7.05 Å². The lowest BCUT2D eigenvalue weighted by Crippen LogP contribution is -2.43. The summed E-state index contributed by atoms with van der Waals surface area (Å²) in [6, 6.07) is 2.58. The van der Waals surface area contributed by atoms with E-state index in [1.807, 2.05) is 29.1 Å². The van der Waals surface area contributed by atoms with Gasteiger partial charge in [-0.2, -0.15) is 5.10 Å². The Morgan fingerprint density at radius 3 is 2.43 bits per heavy atom. The first kappa shape index (κ1) is 20.9. The summed E-state index contributed by atoms with van der Waals surface area (Å²) in [6.45, 7) is 11.5.